The van der Waals surface area contributed by atoms with Crippen LogP contribution in [0.15, 0.2) is 30.3 Å². The van der Waals surface area contributed by atoms with E-state index in [1.165, 1.54) is 0 Å². The highest BCUT2D eigenvalue weighted by Gasteiger charge is 2.53. The van der Waals surface area contributed by atoms with Crippen LogP contribution in [0.5, 0.6) is 0 Å². The second-order valence-electron chi connectivity index (χ2n) is 5.66. The van der Waals surface area contributed by atoms with Gasteiger partial charge in [-0.25, -0.2) is 4.79 Å². The molecular formula is C16H17NO4S. The number of fused-ring (bicyclic) bond motifs is 1. The van der Waals surface area contributed by atoms with E-state index < -0.39 is 12.0 Å². The number of esters is 1. The van der Waals surface area contributed by atoms with Crippen molar-refractivity contribution in [2.24, 2.45) is 0 Å². The van der Waals surface area contributed by atoms with Crippen molar-refractivity contribution in [3.63, 3.8) is 0 Å². The van der Waals surface area contributed by atoms with E-state index >= 15 is 0 Å². The molecule has 2 aliphatic rings. The van der Waals surface area contributed by atoms with Crippen LogP contribution in [-0.4, -0.2) is 45.8 Å². The number of rotatable bonds is 4. The third kappa shape index (κ3) is 2.63. The third-order valence-electron chi connectivity index (χ3n) is 4.16. The Morgan fingerprint density at radius 2 is 2.09 bits per heavy atom. The predicted molar refractivity (Wildman–Crippen MR) is 82.5 cm³/mol. The minimum Gasteiger partial charge on any atom is -0.456 e. The number of carbonyl (C=O) groups is 3. The summed E-state index contributed by atoms with van der Waals surface area (Å²) in [5, 5.41) is 0. The van der Waals surface area contributed by atoms with Crippen LogP contribution < -0.4 is 0 Å². The van der Waals surface area contributed by atoms with Crippen molar-refractivity contribution in [3.8, 4) is 0 Å². The standard InChI is InChI=1S/C16H17NO4S/c1-16-8-7-14(19)17(16)12(10-22-16)15(20)21-9-13(18)11-5-3-2-4-6-11/h2-6,12H,7-10H2,1H3/t12-,16-/m1/s1. The van der Waals surface area contributed by atoms with Crippen LogP contribution in [0.4, 0.5) is 0 Å². The fourth-order valence-electron chi connectivity index (χ4n) is 2.94. The number of hydrogen-bond acceptors (Lipinski definition) is 5. The molecule has 0 N–H and O–H groups in total. The number of Topliss-reactive ketones (excluding diaryl/α,β-unsaturated/α-hetero) is 1. The second kappa shape index (κ2) is 5.76. The topological polar surface area (TPSA) is 63.7 Å². The maximum absolute atomic E-state index is 12.2. The molecule has 2 saturated heterocycles. The molecule has 0 aromatic heterocycles. The highest BCUT2D eigenvalue weighted by molar-refractivity contribution is 8.01. The maximum atomic E-state index is 12.2. The van der Waals surface area contributed by atoms with Crippen molar-refractivity contribution in [3.05, 3.63) is 35.9 Å². The Morgan fingerprint density at radius 3 is 2.82 bits per heavy atom. The molecule has 1 amide bonds. The Labute approximate surface area is 133 Å². The number of benzene rings is 1. The summed E-state index contributed by atoms with van der Waals surface area (Å²) >= 11 is 1.61. The molecule has 1 aromatic rings. The Morgan fingerprint density at radius 1 is 1.36 bits per heavy atom. The number of nitrogens with zero attached hydrogens (tertiary/aromatic N) is 1. The summed E-state index contributed by atoms with van der Waals surface area (Å²) in [6, 6.07) is 8.13. The lowest BCUT2D eigenvalue weighted by Crippen LogP contribution is -2.46. The largest absolute Gasteiger partial charge is 0.456 e. The molecule has 3 rings (SSSR count). The Balaban J connectivity index is 1.61. The van der Waals surface area contributed by atoms with E-state index in [9.17, 15) is 14.4 Å². The van der Waals surface area contributed by atoms with Crippen LogP contribution in [0.3, 0.4) is 0 Å². The Bertz CT molecular complexity index is 618. The van der Waals surface area contributed by atoms with Gasteiger partial charge in [0.2, 0.25) is 5.91 Å². The summed E-state index contributed by atoms with van der Waals surface area (Å²) in [5.74, 6) is -0.213. The minimum atomic E-state index is -0.575. The summed E-state index contributed by atoms with van der Waals surface area (Å²) in [7, 11) is 0. The molecule has 0 spiro atoms. The van der Waals surface area contributed by atoms with Gasteiger partial charge in [0.05, 0.1) is 4.87 Å². The van der Waals surface area contributed by atoms with Crippen LogP contribution in [0.25, 0.3) is 0 Å². The van der Waals surface area contributed by atoms with Crippen molar-refractivity contribution < 1.29 is 19.1 Å². The number of ether oxygens (including phenoxy) is 1. The summed E-state index contributed by atoms with van der Waals surface area (Å²) < 4.78 is 5.15. The average molecular weight is 319 g/mol. The lowest BCUT2D eigenvalue weighted by Gasteiger charge is -2.29. The van der Waals surface area contributed by atoms with Crippen LogP contribution >= 0.6 is 11.8 Å². The molecule has 0 aliphatic carbocycles. The Kier molecular flexibility index (Phi) is 3.95. The smallest absolute Gasteiger partial charge is 0.330 e. The van der Waals surface area contributed by atoms with Gasteiger partial charge in [-0.1, -0.05) is 30.3 Å². The van der Waals surface area contributed by atoms with E-state index in [1.807, 2.05) is 13.0 Å². The van der Waals surface area contributed by atoms with Gasteiger partial charge < -0.3 is 9.64 Å². The lowest BCUT2D eigenvalue weighted by atomic mass is 10.1. The van der Waals surface area contributed by atoms with Crippen molar-refractivity contribution >= 4 is 29.4 Å². The molecule has 6 heteroatoms. The third-order valence-corrected chi connectivity index (χ3v) is 5.66. The van der Waals surface area contributed by atoms with Gasteiger partial charge in [0, 0.05) is 17.7 Å². The summed E-state index contributed by atoms with van der Waals surface area (Å²) in [6.07, 6.45) is 1.22. The first-order valence-electron chi connectivity index (χ1n) is 7.22. The van der Waals surface area contributed by atoms with Crippen molar-refractivity contribution in [1.29, 1.82) is 0 Å². The van der Waals surface area contributed by atoms with E-state index in [0.717, 1.165) is 6.42 Å². The normalized spacial score (nSPS) is 26.9. The van der Waals surface area contributed by atoms with E-state index in [4.69, 9.17) is 4.74 Å². The fraction of sp³-hybridized carbons (Fsp3) is 0.438. The molecule has 0 unspecified atom stereocenters. The minimum absolute atomic E-state index is 0.0103. The zero-order valence-electron chi connectivity index (χ0n) is 12.3. The quantitative estimate of drug-likeness (QED) is 0.626. The fourth-order valence-corrected chi connectivity index (χ4v) is 4.35. The SMILES string of the molecule is C[C@@]12CCC(=O)N1[C@@H](C(=O)OCC(=O)c1ccccc1)CS2. The first-order chi connectivity index (χ1) is 10.5. The zero-order valence-corrected chi connectivity index (χ0v) is 13.1. The van der Waals surface area contributed by atoms with Crippen LogP contribution in [0.2, 0.25) is 0 Å². The summed E-state index contributed by atoms with van der Waals surface area (Å²) in [6.45, 7) is 1.69. The van der Waals surface area contributed by atoms with E-state index in [2.05, 4.69) is 0 Å². The average Bonchev–Trinajstić information content (AvgIpc) is 3.02. The molecule has 0 bridgehead atoms. The van der Waals surface area contributed by atoms with Crippen molar-refractivity contribution in [2.45, 2.75) is 30.7 Å². The molecule has 116 valence electrons. The number of thioether (sulfide) groups is 1. The molecule has 0 saturated carbocycles. The number of carbonyl (C=O) groups excluding carboxylic acids is 3. The highest BCUT2D eigenvalue weighted by Crippen LogP contribution is 2.47. The number of amides is 1. The lowest BCUT2D eigenvalue weighted by molar-refractivity contribution is -0.152. The van der Waals surface area contributed by atoms with Gasteiger partial charge in [0.15, 0.2) is 12.4 Å². The number of hydrogen-bond donors (Lipinski definition) is 0. The first-order valence-corrected chi connectivity index (χ1v) is 8.21. The molecule has 2 heterocycles. The molecule has 1 aromatic carbocycles. The monoisotopic (exact) mass is 319 g/mol. The molecule has 2 fully saturated rings. The van der Waals surface area contributed by atoms with Gasteiger partial charge in [0.25, 0.3) is 0 Å². The summed E-state index contributed by atoms with van der Waals surface area (Å²) in [5.41, 5.74) is 0.512. The van der Waals surface area contributed by atoms with Gasteiger partial charge >= 0.3 is 5.97 Å². The van der Waals surface area contributed by atoms with Crippen molar-refractivity contribution in [2.75, 3.05) is 12.4 Å². The molecule has 5 nitrogen and oxygen atoms in total. The Hall–Kier alpha value is -1.82. The molecule has 0 radical (unpaired) electrons. The molecule has 2 aliphatic heterocycles. The molecular weight excluding hydrogens is 302 g/mol. The van der Waals surface area contributed by atoms with E-state index in [1.54, 1.807) is 40.9 Å². The van der Waals surface area contributed by atoms with Crippen LogP contribution in [0.1, 0.15) is 30.1 Å². The van der Waals surface area contributed by atoms with Gasteiger partial charge in [-0.2, -0.15) is 0 Å². The maximum Gasteiger partial charge on any atom is 0.330 e. The predicted octanol–water partition coefficient (Wildman–Crippen LogP) is 1.87. The molecule has 22 heavy (non-hydrogen) atoms. The molecule has 2 atom stereocenters. The number of ketones is 1. The van der Waals surface area contributed by atoms with Gasteiger partial charge in [-0.3, -0.25) is 9.59 Å². The zero-order chi connectivity index (χ0) is 15.7. The van der Waals surface area contributed by atoms with Crippen LogP contribution in [0, 0.1) is 0 Å². The second-order valence-corrected chi connectivity index (χ2v) is 7.16. The van der Waals surface area contributed by atoms with Gasteiger partial charge in [-0.15, -0.1) is 11.8 Å². The van der Waals surface area contributed by atoms with Crippen LogP contribution in [-0.2, 0) is 14.3 Å². The van der Waals surface area contributed by atoms with Gasteiger partial charge in [-0.05, 0) is 13.3 Å². The van der Waals surface area contributed by atoms with Gasteiger partial charge in [0.1, 0.15) is 6.04 Å². The van der Waals surface area contributed by atoms with E-state index in [-0.39, 0.29) is 23.2 Å². The summed E-state index contributed by atoms with van der Waals surface area (Å²) in [4.78, 5) is 37.5. The van der Waals surface area contributed by atoms with Crippen molar-refractivity contribution in [1.82, 2.24) is 4.90 Å². The first kappa shape index (κ1) is 15.1. The highest BCUT2D eigenvalue weighted by atomic mass is 32.2. The van der Waals surface area contributed by atoms with E-state index in [0.29, 0.717) is 17.7 Å².